The van der Waals surface area contributed by atoms with Crippen LogP contribution in [0.25, 0.3) is 0 Å². The monoisotopic (exact) mass is 197 g/mol. The van der Waals surface area contributed by atoms with Crippen molar-refractivity contribution in [2.24, 2.45) is 5.73 Å². The van der Waals surface area contributed by atoms with Gasteiger partial charge in [-0.1, -0.05) is 18.2 Å². The van der Waals surface area contributed by atoms with Gasteiger partial charge in [0.1, 0.15) is 11.9 Å². The van der Waals surface area contributed by atoms with E-state index in [2.05, 4.69) is 0 Å². The highest BCUT2D eigenvalue weighted by atomic mass is 19.1. The number of benzene rings is 1. The summed E-state index contributed by atoms with van der Waals surface area (Å²) in [7, 11) is 0. The van der Waals surface area contributed by atoms with Gasteiger partial charge in [-0.2, -0.15) is 0 Å². The standard InChI is InChI=1S/C11H16FNO/c1-8(2)14-11-6-4-3-5-9(11)10(12)7-13/h3-6,8,10H,7,13H2,1-2H3. The maximum Gasteiger partial charge on any atom is 0.141 e. The molecular formula is C11H16FNO. The molecule has 0 saturated heterocycles. The van der Waals surface area contributed by atoms with E-state index in [9.17, 15) is 4.39 Å². The molecule has 0 heterocycles. The minimum atomic E-state index is -1.15. The lowest BCUT2D eigenvalue weighted by atomic mass is 10.1. The molecule has 78 valence electrons. The molecule has 2 N–H and O–H groups in total. The topological polar surface area (TPSA) is 35.2 Å². The molecule has 3 heteroatoms. The number of nitrogens with two attached hydrogens (primary N) is 1. The summed E-state index contributed by atoms with van der Waals surface area (Å²) < 4.78 is 18.8. The van der Waals surface area contributed by atoms with Crippen LogP contribution in [0.5, 0.6) is 5.75 Å². The first-order chi connectivity index (χ1) is 6.65. The lowest BCUT2D eigenvalue weighted by Gasteiger charge is -2.15. The third-order valence-corrected chi connectivity index (χ3v) is 1.83. The second-order valence-corrected chi connectivity index (χ2v) is 3.41. The Morgan fingerprint density at radius 1 is 1.36 bits per heavy atom. The maximum atomic E-state index is 13.4. The molecule has 1 aromatic carbocycles. The van der Waals surface area contributed by atoms with Crippen molar-refractivity contribution in [1.82, 2.24) is 0 Å². The molecule has 2 nitrogen and oxygen atoms in total. The van der Waals surface area contributed by atoms with Crippen molar-refractivity contribution in [2.45, 2.75) is 26.1 Å². The van der Waals surface area contributed by atoms with E-state index < -0.39 is 6.17 Å². The van der Waals surface area contributed by atoms with Gasteiger partial charge < -0.3 is 10.5 Å². The zero-order valence-corrected chi connectivity index (χ0v) is 8.53. The lowest BCUT2D eigenvalue weighted by molar-refractivity contribution is 0.231. The Morgan fingerprint density at radius 3 is 2.57 bits per heavy atom. The highest BCUT2D eigenvalue weighted by Crippen LogP contribution is 2.27. The lowest BCUT2D eigenvalue weighted by Crippen LogP contribution is -2.12. The quantitative estimate of drug-likeness (QED) is 0.804. The first-order valence-electron chi connectivity index (χ1n) is 4.75. The predicted molar refractivity (Wildman–Crippen MR) is 55.1 cm³/mol. The van der Waals surface area contributed by atoms with Gasteiger partial charge in [0.05, 0.1) is 6.10 Å². The molecule has 0 saturated carbocycles. The van der Waals surface area contributed by atoms with Crippen LogP contribution >= 0.6 is 0 Å². The molecule has 0 radical (unpaired) electrons. The minimum Gasteiger partial charge on any atom is -0.491 e. The Hall–Kier alpha value is -1.09. The van der Waals surface area contributed by atoms with E-state index >= 15 is 0 Å². The van der Waals surface area contributed by atoms with Crippen molar-refractivity contribution in [2.75, 3.05) is 6.54 Å². The third-order valence-electron chi connectivity index (χ3n) is 1.83. The zero-order valence-electron chi connectivity index (χ0n) is 8.53. The molecule has 14 heavy (non-hydrogen) atoms. The summed E-state index contributed by atoms with van der Waals surface area (Å²) in [6, 6.07) is 7.07. The first kappa shape index (κ1) is 11.0. The summed E-state index contributed by atoms with van der Waals surface area (Å²) in [6.45, 7) is 3.80. The van der Waals surface area contributed by atoms with Gasteiger partial charge in [-0.05, 0) is 19.9 Å². The molecule has 0 aliphatic heterocycles. The Balaban J connectivity index is 2.91. The van der Waals surface area contributed by atoms with Crippen LogP contribution in [0.4, 0.5) is 4.39 Å². The van der Waals surface area contributed by atoms with Crippen LogP contribution in [0.3, 0.4) is 0 Å². The van der Waals surface area contributed by atoms with Crippen molar-refractivity contribution in [3.8, 4) is 5.75 Å². The summed E-state index contributed by atoms with van der Waals surface area (Å²) in [6.07, 6.45) is -1.11. The second-order valence-electron chi connectivity index (χ2n) is 3.41. The van der Waals surface area contributed by atoms with Gasteiger partial charge in [0.25, 0.3) is 0 Å². The second kappa shape index (κ2) is 4.96. The van der Waals surface area contributed by atoms with E-state index in [0.717, 1.165) is 0 Å². The Morgan fingerprint density at radius 2 is 2.00 bits per heavy atom. The highest BCUT2D eigenvalue weighted by Gasteiger charge is 2.13. The van der Waals surface area contributed by atoms with E-state index in [4.69, 9.17) is 10.5 Å². The normalized spacial score (nSPS) is 12.9. The summed E-state index contributed by atoms with van der Waals surface area (Å²) in [4.78, 5) is 0. The van der Waals surface area contributed by atoms with Gasteiger partial charge in [-0.25, -0.2) is 4.39 Å². The molecule has 0 amide bonds. The van der Waals surface area contributed by atoms with E-state index in [1.807, 2.05) is 19.9 Å². The number of hydrogen-bond donors (Lipinski definition) is 1. The van der Waals surface area contributed by atoms with Crippen LogP contribution in [0.1, 0.15) is 25.6 Å². The van der Waals surface area contributed by atoms with Gasteiger partial charge in [-0.3, -0.25) is 0 Å². The van der Waals surface area contributed by atoms with E-state index in [1.165, 1.54) is 0 Å². The van der Waals surface area contributed by atoms with Crippen molar-refractivity contribution in [1.29, 1.82) is 0 Å². The van der Waals surface area contributed by atoms with E-state index in [-0.39, 0.29) is 12.6 Å². The number of halogens is 1. The SMILES string of the molecule is CC(C)Oc1ccccc1C(F)CN. The van der Waals surface area contributed by atoms with Crippen LogP contribution in [-0.4, -0.2) is 12.6 Å². The molecule has 0 spiro atoms. The molecule has 0 aliphatic rings. The molecule has 1 unspecified atom stereocenters. The average Bonchev–Trinajstić information content (AvgIpc) is 2.16. The molecule has 1 rings (SSSR count). The summed E-state index contributed by atoms with van der Waals surface area (Å²) >= 11 is 0. The van der Waals surface area contributed by atoms with Gasteiger partial charge >= 0.3 is 0 Å². The molecule has 0 bridgehead atoms. The molecule has 0 fully saturated rings. The van der Waals surface area contributed by atoms with Crippen molar-refractivity contribution in [3.63, 3.8) is 0 Å². The predicted octanol–water partition coefficient (Wildman–Crippen LogP) is 2.44. The smallest absolute Gasteiger partial charge is 0.141 e. The molecule has 0 aromatic heterocycles. The fraction of sp³-hybridized carbons (Fsp3) is 0.455. The number of rotatable bonds is 4. The average molecular weight is 197 g/mol. The maximum absolute atomic E-state index is 13.4. The van der Waals surface area contributed by atoms with Gasteiger partial charge in [0, 0.05) is 12.1 Å². The Kier molecular flexibility index (Phi) is 3.89. The van der Waals surface area contributed by atoms with E-state index in [1.54, 1.807) is 18.2 Å². The molecule has 1 aromatic rings. The third kappa shape index (κ3) is 2.70. The molecule has 0 aliphatic carbocycles. The highest BCUT2D eigenvalue weighted by molar-refractivity contribution is 5.35. The fourth-order valence-corrected chi connectivity index (χ4v) is 1.23. The largest absolute Gasteiger partial charge is 0.491 e. The molecule has 1 atom stereocenters. The van der Waals surface area contributed by atoms with Gasteiger partial charge in [0.2, 0.25) is 0 Å². The van der Waals surface area contributed by atoms with Crippen LogP contribution in [0.15, 0.2) is 24.3 Å². The fourth-order valence-electron chi connectivity index (χ4n) is 1.23. The van der Waals surface area contributed by atoms with Gasteiger partial charge in [0.15, 0.2) is 0 Å². The number of para-hydroxylation sites is 1. The minimum absolute atomic E-state index is 0.0154. The summed E-state index contributed by atoms with van der Waals surface area (Å²) in [5.74, 6) is 0.584. The van der Waals surface area contributed by atoms with Crippen LogP contribution < -0.4 is 10.5 Å². The Labute approximate surface area is 83.9 Å². The van der Waals surface area contributed by atoms with Crippen molar-refractivity contribution in [3.05, 3.63) is 29.8 Å². The number of ether oxygens (including phenoxy) is 1. The zero-order chi connectivity index (χ0) is 10.6. The Bertz CT molecular complexity index is 288. The number of alkyl halides is 1. The summed E-state index contributed by atoms with van der Waals surface area (Å²) in [5, 5.41) is 0. The van der Waals surface area contributed by atoms with Crippen LogP contribution in [0.2, 0.25) is 0 Å². The van der Waals surface area contributed by atoms with Gasteiger partial charge in [-0.15, -0.1) is 0 Å². The summed E-state index contributed by atoms with van der Waals surface area (Å²) in [5.41, 5.74) is 5.80. The number of hydrogen-bond acceptors (Lipinski definition) is 2. The first-order valence-corrected chi connectivity index (χ1v) is 4.75. The van der Waals surface area contributed by atoms with Crippen molar-refractivity contribution >= 4 is 0 Å². The van der Waals surface area contributed by atoms with Crippen LogP contribution in [0, 0.1) is 0 Å². The molecular weight excluding hydrogens is 181 g/mol. The van der Waals surface area contributed by atoms with E-state index in [0.29, 0.717) is 11.3 Å². The van der Waals surface area contributed by atoms with Crippen molar-refractivity contribution < 1.29 is 9.13 Å². The van der Waals surface area contributed by atoms with Crippen LogP contribution in [-0.2, 0) is 0 Å².